The minimum absolute atomic E-state index is 0.0881. The summed E-state index contributed by atoms with van der Waals surface area (Å²) in [6.45, 7) is 4.24. The first-order valence-electron chi connectivity index (χ1n) is 11.2. The van der Waals surface area contributed by atoms with E-state index in [1.807, 2.05) is 36.4 Å². The van der Waals surface area contributed by atoms with Crippen molar-refractivity contribution in [3.63, 3.8) is 0 Å². The van der Waals surface area contributed by atoms with Gasteiger partial charge in [-0.2, -0.15) is 0 Å². The van der Waals surface area contributed by atoms with Crippen LogP contribution in [-0.2, 0) is 10.0 Å². The van der Waals surface area contributed by atoms with E-state index in [1.165, 1.54) is 12.1 Å². The molecule has 0 bridgehead atoms. The number of piperidine rings is 1. The Labute approximate surface area is 195 Å². The second kappa shape index (κ2) is 10.5. The first-order valence-corrected chi connectivity index (χ1v) is 12.7. The maximum absolute atomic E-state index is 13.1. The van der Waals surface area contributed by atoms with E-state index in [0.717, 1.165) is 42.1 Å². The van der Waals surface area contributed by atoms with Gasteiger partial charge in [-0.25, -0.2) is 17.5 Å². The summed E-state index contributed by atoms with van der Waals surface area (Å²) in [7, 11) is -3.65. The lowest BCUT2D eigenvalue weighted by Crippen LogP contribution is -2.48. The highest BCUT2D eigenvalue weighted by molar-refractivity contribution is 7.89. The Kier molecular flexibility index (Phi) is 7.42. The van der Waals surface area contributed by atoms with Crippen LogP contribution in [-0.4, -0.2) is 45.1 Å². The van der Waals surface area contributed by atoms with E-state index < -0.39 is 15.8 Å². The SMILES string of the molecule is CC(COc1ccccc1-c1ccccc1)N1CCC(NS(=O)(=O)c2ccc(F)cc2)CC1. The van der Waals surface area contributed by atoms with Gasteiger partial charge in [0, 0.05) is 30.7 Å². The van der Waals surface area contributed by atoms with Gasteiger partial charge in [0.15, 0.2) is 0 Å². The molecule has 1 heterocycles. The number of nitrogens with zero attached hydrogens (tertiary/aromatic N) is 1. The van der Waals surface area contributed by atoms with Gasteiger partial charge in [-0.1, -0.05) is 48.5 Å². The summed E-state index contributed by atoms with van der Waals surface area (Å²) in [6.07, 6.45) is 1.43. The van der Waals surface area contributed by atoms with E-state index >= 15 is 0 Å². The zero-order chi connectivity index (χ0) is 23.3. The van der Waals surface area contributed by atoms with Crippen molar-refractivity contribution in [1.29, 1.82) is 0 Å². The van der Waals surface area contributed by atoms with Crippen molar-refractivity contribution in [1.82, 2.24) is 9.62 Å². The fourth-order valence-corrected chi connectivity index (χ4v) is 5.43. The number of nitrogens with one attached hydrogen (secondary N) is 1. The van der Waals surface area contributed by atoms with Gasteiger partial charge in [0.1, 0.15) is 18.2 Å². The monoisotopic (exact) mass is 468 g/mol. The molecule has 1 saturated heterocycles. The number of hydrogen-bond acceptors (Lipinski definition) is 4. The van der Waals surface area contributed by atoms with E-state index in [0.29, 0.717) is 19.4 Å². The number of para-hydroxylation sites is 1. The highest BCUT2D eigenvalue weighted by atomic mass is 32.2. The lowest BCUT2D eigenvalue weighted by Gasteiger charge is -2.36. The summed E-state index contributed by atoms with van der Waals surface area (Å²) in [6, 6.07) is 23.2. The summed E-state index contributed by atoms with van der Waals surface area (Å²) in [5.41, 5.74) is 2.19. The third-order valence-electron chi connectivity index (χ3n) is 6.05. The molecule has 1 aliphatic rings. The van der Waals surface area contributed by atoms with Crippen molar-refractivity contribution in [3.05, 3.63) is 84.7 Å². The fourth-order valence-electron chi connectivity index (χ4n) is 4.12. The predicted octanol–water partition coefficient (Wildman–Crippen LogP) is 4.70. The van der Waals surface area contributed by atoms with Crippen LogP contribution in [0.25, 0.3) is 11.1 Å². The van der Waals surface area contributed by atoms with E-state index in [9.17, 15) is 12.8 Å². The van der Waals surface area contributed by atoms with Gasteiger partial charge in [0.2, 0.25) is 10.0 Å². The van der Waals surface area contributed by atoms with Gasteiger partial charge in [-0.15, -0.1) is 0 Å². The molecule has 1 aliphatic heterocycles. The minimum Gasteiger partial charge on any atom is -0.491 e. The van der Waals surface area contributed by atoms with E-state index in [2.05, 4.69) is 34.7 Å². The lowest BCUT2D eigenvalue weighted by molar-refractivity contribution is 0.116. The molecule has 5 nitrogen and oxygen atoms in total. The molecular formula is C26H29FN2O3S. The standard InChI is InChI=1S/C26H29FN2O3S/c1-20(19-32-26-10-6-5-9-25(26)21-7-3-2-4-8-21)29-17-15-23(16-18-29)28-33(30,31)24-13-11-22(27)12-14-24/h2-14,20,23,28H,15-19H2,1H3. The van der Waals surface area contributed by atoms with Crippen molar-refractivity contribution in [2.45, 2.75) is 36.7 Å². The Bertz CT molecular complexity index is 1150. The summed E-state index contributed by atoms with van der Waals surface area (Å²) < 4.78 is 47.2. The van der Waals surface area contributed by atoms with Crippen LogP contribution in [0.4, 0.5) is 4.39 Å². The molecule has 0 aromatic heterocycles. The highest BCUT2D eigenvalue weighted by Crippen LogP contribution is 2.30. The molecule has 1 fully saturated rings. The maximum atomic E-state index is 13.1. The molecule has 0 spiro atoms. The largest absolute Gasteiger partial charge is 0.491 e. The summed E-state index contributed by atoms with van der Waals surface area (Å²) in [5.74, 6) is 0.405. The minimum atomic E-state index is -3.65. The number of halogens is 1. The van der Waals surface area contributed by atoms with Crippen LogP contribution >= 0.6 is 0 Å². The maximum Gasteiger partial charge on any atom is 0.240 e. The molecule has 1 unspecified atom stereocenters. The van der Waals surface area contributed by atoms with Crippen LogP contribution in [0.15, 0.2) is 83.8 Å². The number of hydrogen-bond donors (Lipinski definition) is 1. The second-order valence-electron chi connectivity index (χ2n) is 8.41. The lowest BCUT2D eigenvalue weighted by atomic mass is 10.0. The molecule has 174 valence electrons. The van der Waals surface area contributed by atoms with Crippen molar-refractivity contribution in [2.24, 2.45) is 0 Å². The number of rotatable bonds is 8. The summed E-state index contributed by atoms with van der Waals surface area (Å²) >= 11 is 0. The molecule has 3 aromatic carbocycles. The number of likely N-dealkylation sites (tertiary alicyclic amines) is 1. The van der Waals surface area contributed by atoms with Crippen LogP contribution < -0.4 is 9.46 Å². The van der Waals surface area contributed by atoms with E-state index in [-0.39, 0.29) is 17.0 Å². The van der Waals surface area contributed by atoms with Crippen LogP contribution in [0.3, 0.4) is 0 Å². The summed E-state index contributed by atoms with van der Waals surface area (Å²) in [4.78, 5) is 2.42. The van der Waals surface area contributed by atoms with Crippen molar-refractivity contribution in [2.75, 3.05) is 19.7 Å². The van der Waals surface area contributed by atoms with Gasteiger partial charge in [0.05, 0.1) is 4.90 Å². The Morgan fingerprint density at radius 1 is 0.970 bits per heavy atom. The first kappa shape index (κ1) is 23.4. The molecule has 33 heavy (non-hydrogen) atoms. The van der Waals surface area contributed by atoms with E-state index in [1.54, 1.807) is 0 Å². The van der Waals surface area contributed by atoms with E-state index in [4.69, 9.17) is 4.74 Å². The van der Waals surface area contributed by atoms with Crippen LogP contribution in [0.1, 0.15) is 19.8 Å². The van der Waals surface area contributed by atoms with Gasteiger partial charge >= 0.3 is 0 Å². The topological polar surface area (TPSA) is 58.6 Å². The van der Waals surface area contributed by atoms with Crippen LogP contribution in [0.5, 0.6) is 5.75 Å². The molecular weight excluding hydrogens is 439 g/mol. The van der Waals surface area contributed by atoms with Crippen molar-refractivity contribution in [3.8, 4) is 16.9 Å². The number of sulfonamides is 1. The quantitative estimate of drug-likeness (QED) is 0.521. The zero-order valence-electron chi connectivity index (χ0n) is 18.7. The number of benzene rings is 3. The molecule has 7 heteroatoms. The molecule has 1 N–H and O–H groups in total. The molecule has 3 aromatic rings. The predicted molar refractivity (Wildman–Crippen MR) is 128 cm³/mol. The summed E-state index contributed by atoms with van der Waals surface area (Å²) in [5, 5.41) is 0. The normalized spacial score (nSPS) is 16.4. The molecule has 1 atom stereocenters. The van der Waals surface area contributed by atoms with Crippen molar-refractivity contribution >= 4 is 10.0 Å². The zero-order valence-corrected chi connectivity index (χ0v) is 19.5. The van der Waals surface area contributed by atoms with Gasteiger partial charge in [-0.05, 0) is 55.7 Å². The fraction of sp³-hybridized carbons (Fsp3) is 0.308. The average molecular weight is 469 g/mol. The Morgan fingerprint density at radius 3 is 2.30 bits per heavy atom. The Morgan fingerprint density at radius 2 is 1.61 bits per heavy atom. The first-order chi connectivity index (χ1) is 15.9. The molecule has 0 amide bonds. The Balaban J connectivity index is 1.30. The smallest absolute Gasteiger partial charge is 0.240 e. The second-order valence-corrected chi connectivity index (χ2v) is 10.1. The third kappa shape index (κ3) is 5.99. The van der Waals surface area contributed by atoms with Gasteiger partial charge in [-0.3, -0.25) is 4.90 Å². The van der Waals surface area contributed by atoms with Gasteiger partial charge in [0.25, 0.3) is 0 Å². The van der Waals surface area contributed by atoms with Crippen LogP contribution in [0.2, 0.25) is 0 Å². The number of ether oxygens (including phenoxy) is 1. The average Bonchev–Trinajstić information content (AvgIpc) is 2.84. The molecule has 0 aliphatic carbocycles. The third-order valence-corrected chi connectivity index (χ3v) is 7.59. The van der Waals surface area contributed by atoms with Crippen molar-refractivity contribution < 1.29 is 17.5 Å². The molecule has 0 saturated carbocycles. The van der Waals surface area contributed by atoms with Crippen LogP contribution in [0, 0.1) is 5.82 Å². The Hall–Kier alpha value is -2.74. The molecule has 0 radical (unpaired) electrons. The van der Waals surface area contributed by atoms with Gasteiger partial charge < -0.3 is 4.74 Å². The molecule has 4 rings (SSSR count). The highest BCUT2D eigenvalue weighted by Gasteiger charge is 2.27.